The summed E-state index contributed by atoms with van der Waals surface area (Å²) in [5.41, 5.74) is 5.97. The van der Waals surface area contributed by atoms with Crippen LogP contribution in [-0.4, -0.2) is 28.6 Å². The highest BCUT2D eigenvalue weighted by Crippen LogP contribution is 2.05. The lowest BCUT2D eigenvalue weighted by Crippen LogP contribution is -2.41. The summed E-state index contributed by atoms with van der Waals surface area (Å²) < 4.78 is 26.1. The smallest absolute Gasteiger partial charge is 0.221 e. The van der Waals surface area contributed by atoms with Crippen LogP contribution in [0.1, 0.15) is 19.0 Å². The third-order valence-electron chi connectivity index (χ3n) is 2.16. The van der Waals surface area contributed by atoms with Gasteiger partial charge in [-0.25, -0.2) is 23.1 Å². The predicted octanol–water partition coefficient (Wildman–Crippen LogP) is -0.0393. The maximum Gasteiger partial charge on any atom is 0.221 e. The molecule has 1 aromatic rings. The van der Waals surface area contributed by atoms with E-state index in [0.29, 0.717) is 12.1 Å². The number of aromatic nitrogens is 2. The molecule has 0 amide bonds. The van der Waals surface area contributed by atoms with Gasteiger partial charge in [0.1, 0.15) is 11.6 Å². The first kappa shape index (κ1) is 13.9. The summed E-state index contributed by atoms with van der Waals surface area (Å²) in [6, 6.07) is 1.63. The van der Waals surface area contributed by atoms with E-state index in [9.17, 15) is 8.42 Å². The standard InChI is InChI=1S/C9H14N4O2S2/c1-2-8(9(10)16)17(14,15)13-5-7-3-4-11-6-12-7/h3-4,6,8,13H,2,5H2,1H3,(H2,10,16). The Labute approximate surface area is 106 Å². The second-order valence-electron chi connectivity index (χ2n) is 3.37. The van der Waals surface area contributed by atoms with Gasteiger partial charge in [-0.1, -0.05) is 19.1 Å². The lowest BCUT2D eigenvalue weighted by molar-refractivity contribution is 0.573. The van der Waals surface area contributed by atoms with E-state index in [4.69, 9.17) is 18.0 Å². The summed E-state index contributed by atoms with van der Waals surface area (Å²) in [7, 11) is -3.55. The summed E-state index contributed by atoms with van der Waals surface area (Å²) in [6.07, 6.45) is 3.24. The molecule has 8 heteroatoms. The summed E-state index contributed by atoms with van der Waals surface area (Å²) in [5.74, 6) is 0. The van der Waals surface area contributed by atoms with Crippen molar-refractivity contribution in [1.82, 2.24) is 14.7 Å². The van der Waals surface area contributed by atoms with Crippen molar-refractivity contribution >= 4 is 27.2 Å². The average molecular weight is 274 g/mol. The molecule has 3 N–H and O–H groups in total. The van der Waals surface area contributed by atoms with E-state index in [-0.39, 0.29) is 11.5 Å². The monoisotopic (exact) mass is 274 g/mol. The minimum absolute atomic E-state index is 0.0253. The molecule has 1 atom stereocenters. The highest BCUT2D eigenvalue weighted by Gasteiger charge is 2.25. The summed E-state index contributed by atoms with van der Waals surface area (Å²) in [6.45, 7) is 1.82. The molecule has 0 radical (unpaired) electrons. The fraction of sp³-hybridized carbons (Fsp3) is 0.444. The number of hydrogen-bond acceptors (Lipinski definition) is 5. The van der Waals surface area contributed by atoms with E-state index in [1.807, 2.05) is 0 Å². The zero-order valence-corrected chi connectivity index (χ0v) is 11.0. The third-order valence-corrected chi connectivity index (χ3v) is 4.48. The second-order valence-corrected chi connectivity index (χ2v) is 5.79. The van der Waals surface area contributed by atoms with Gasteiger partial charge >= 0.3 is 0 Å². The van der Waals surface area contributed by atoms with Crippen LogP contribution >= 0.6 is 12.2 Å². The van der Waals surface area contributed by atoms with Crippen molar-refractivity contribution in [1.29, 1.82) is 0 Å². The van der Waals surface area contributed by atoms with Gasteiger partial charge < -0.3 is 5.73 Å². The molecule has 0 aliphatic rings. The summed E-state index contributed by atoms with van der Waals surface area (Å²) in [4.78, 5) is 7.62. The Morgan fingerprint density at radius 2 is 2.35 bits per heavy atom. The number of nitrogens with zero attached hydrogens (tertiary/aromatic N) is 2. The van der Waals surface area contributed by atoms with Gasteiger partial charge in [0.15, 0.2) is 0 Å². The van der Waals surface area contributed by atoms with Crippen LogP contribution in [0.5, 0.6) is 0 Å². The highest BCUT2D eigenvalue weighted by molar-refractivity contribution is 7.93. The van der Waals surface area contributed by atoms with Gasteiger partial charge in [-0.05, 0) is 12.5 Å². The SMILES string of the molecule is CCC(C(N)=S)S(=O)(=O)NCc1ccncn1. The van der Waals surface area contributed by atoms with Crippen molar-refractivity contribution in [3.8, 4) is 0 Å². The molecule has 94 valence electrons. The van der Waals surface area contributed by atoms with Gasteiger partial charge in [-0.2, -0.15) is 0 Å². The molecule has 1 heterocycles. The number of nitrogens with two attached hydrogens (primary N) is 1. The Morgan fingerprint density at radius 1 is 1.65 bits per heavy atom. The molecule has 1 aromatic heterocycles. The topological polar surface area (TPSA) is 98.0 Å². The van der Waals surface area contributed by atoms with Crippen molar-refractivity contribution in [2.45, 2.75) is 25.1 Å². The van der Waals surface area contributed by atoms with Crippen LogP contribution in [0.2, 0.25) is 0 Å². The Bertz CT molecular complexity index is 475. The van der Waals surface area contributed by atoms with Crippen LogP contribution in [0.4, 0.5) is 0 Å². The Hall–Kier alpha value is -1.12. The summed E-state index contributed by atoms with van der Waals surface area (Å²) >= 11 is 4.73. The Morgan fingerprint density at radius 3 is 2.82 bits per heavy atom. The first-order valence-electron chi connectivity index (χ1n) is 5.00. The van der Waals surface area contributed by atoms with E-state index < -0.39 is 15.3 Å². The minimum Gasteiger partial charge on any atom is -0.392 e. The van der Waals surface area contributed by atoms with Gasteiger partial charge in [0.05, 0.1) is 17.2 Å². The van der Waals surface area contributed by atoms with E-state index in [1.54, 1.807) is 19.2 Å². The minimum atomic E-state index is -3.55. The molecule has 6 nitrogen and oxygen atoms in total. The first-order valence-corrected chi connectivity index (χ1v) is 6.95. The van der Waals surface area contributed by atoms with Gasteiger partial charge in [-0.3, -0.25) is 0 Å². The van der Waals surface area contributed by atoms with Crippen molar-refractivity contribution in [3.63, 3.8) is 0 Å². The van der Waals surface area contributed by atoms with Crippen LogP contribution in [0.25, 0.3) is 0 Å². The molecule has 1 unspecified atom stereocenters. The van der Waals surface area contributed by atoms with E-state index in [1.165, 1.54) is 6.33 Å². The van der Waals surface area contributed by atoms with E-state index in [2.05, 4.69) is 14.7 Å². The van der Waals surface area contributed by atoms with Gasteiger partial charge in [0, 0.05) is 6.20 Å². The number of nitrogens with one attached hydrogen (secondary N) is 1. The highest BCUT2D eigenvalue weighted by atomic mass is 32.2. The van der Waals surface area contributed by atoms with Crippen LogP contribution in [-0.2, 0) is 16.6 Å². The van der Waals surface area contributed by atoms with Crippen molar-refractivity contribution in [2.24, 2.45) is 5.73 Å². The number of hydrogen-bond donors (Lipinski definition) is 2. The zero-order chi connectivity index (χ0) is 12.9. The third kappa shape index (κ3) is 3.99. The van der Waals surface area contributed by atoms with Crippen LogP contribution in [0.15, 0.2) is 18.6 Å². The molecule has 0 aliphatic carbocycles. The van der Waals surface area contributed by atoms with E-state index >= 15 is 0 Å². The molecule has 1 rings (SSSR count). The molecular formula is C9H14N4O2S2. The van der Waals surface area contributed by atoms with Crippen molar-refractivity contribution in [3.05, 3.63) is 24.3 Å². The Balaban J connectivity index is 2.71. The lowest BCUT2D eigenvalue weighted by atomic mass is 10.3. The fourth-order valence-electron chi connectivity index (χ4n) is 1.27. The Kier molecular flexibility index (Phi) is 4.91. The number of thiocarbonyl (C=S) groups is 1. The maximum atomic E-state index is 11.9. The molecule has 0 saturated heterocycles. The summed E-state index contributed by atoms with van der Waals surface area (Å²) in [5, 5.41) is -0.848. The molecule has 0 spiro atoms. The van der Waals surface area contributed by atoms with Crippen molar-refractivity contribution in [2.75, 3.05) is 0 Å². The quantitative estimate of drug-likeness (QED) is 0.706. The fourth-order valence-corrected chi connectivity index (χ4v) is 3.11. The zero-order valence-electron chi connectivity index (χ0n) is 9.33. The maximum absolute atomic E-state index is 11.9. The lowest BCUT2D eigenvalue weighted by Gasteiger charge is -2.14. The van der Waals surface area contributed by atoms with Crippen LogP contribution in [0, 0.1) is 0 Å². The molecule has 0 bridgehead atoms. The molecule has 0 aromatic carbocycles. The van der Waals surface area contributed by atoms with Crippen LogP contribution < -0.4 is 10.5 Å². The van der Waals surface area contributed by atoms with Crippen LogP contribution in [0.3, 0.4) is 0 Å². The number of sulfonamides is 1. The number of rotatable bonds is 6. The molecular weight excluding hydrogens is 260 g/mol. The van der Waals surface area contributed by atoms with E-state index in [0.717, 1.165) is 0 Å². The van der Waals surface area contributed by atoms with Gasteiger partial charge in [0.25, 0.3) is 0 Å². The molecule has 0 fully saturated rings. The van der Waals surface area contributed by atoms with Gasteiger partial charge in [-0.15, -0.1) is 0 Å². The average Bonchev–Trinajstić information content (AvgIpc) is 2.28. The molecule has 0 aliphatic heterocycles. The van der Waals surface area contributed by atoms with Gasteiger partial charge in [0.2, 0.25) is 10.0 Å². The van der Waals surface area contributed by atoms with Crippen molar-refractivity contribution < 1.29 is 8.42 Å². The molecule has 0 saturated carbocycles. The second kappa shape index (κ2) is 5.99. The largest absolute Gasteiger partial charge is 0.392 e. The predicted molar refractivity (Wildman–Crippen MR) is 68.7 cm³/mol. The first-order chi connectivity index (χ1) is 7.97. The molecule has 17 heavy (non-hydrogen) atoms. The normalized spacial score (nSPS) is 13.2.